The number of aryl methyl sites for hydroxylation is 3. The molecular weight excluding hydrogens is 384 g/mol. The first-order chi connectivity index (χ1) is 12.9. The molecule has 7 nitrogen and oxygen atoms in total. The second-order valence-corrected chi connectivity index (χ2v) is 8.56. The number of urea groups is 1. The standard InChI is InChI=1S/C18H20N4O3S2/c1-9-5-6-12(10(2)7-9)15-14(16(23)25-4)13(19-17(24)20-15)8-26-18-22-21-11(3)27-18/h5-7,15H,8H2,1-4H3,(H2,19,20,24)/t15-/m0/s1. The van der Waals surface area contributed by atoms with Crippen molar-refractivity contribution in [1.29, 1.82) is 0 Å². The molecular formula is C18H20N4O3S2. The Morgan fingerprint density at radius 2 is 2.07 bits per heavy atom. The number of amides is 2. The average molecular weight is 405 g/mol. The number of carbonyl (C=O) groups excluding carboxylic acids is 2. The van der Waals surface area contributed by atoms with Crippen molar-refractivity contribution in [3.8, 4) is 0 Å². The zero-order valence-corrected chi connectivity index (χ0v) is 17.1. The van der Waals surface area contributed by atoms with Gasteiger partial charge in [-0.25, -0.2) is 9.59 Å². The smallest absolute Gasteiger partial charge is 0.338 e. The fourth-order valence-corrected chi connectivity index (χ4v) is 4.72. The van der Waals surface area contributed by atoms with Crippen LogP contribution in [0.4, 0.5) is 4.79 Å². The summed E-state index contributed by atoms with van der Waals surface area (Å²) in [4.78, 5) is 24.8. The molecule has 27 heavy (non-hydrogen) atoms. The van der Waals surface area contributed by atoms with Crippen molar-refractivity contribution in [2.24, 2.45) is 0 Å². The summed E-state index contributed by atoms with van der Waals surface area (Å²) >= 11 is 2.89. The highest BCUT2D eigenvalue weighted by Crippen LogP contribution is 2.32. The number of rotatable bonds is 5. The van der Waals surface area contributed by atoms with E-state index in [-0.39, 0.29) is 6.03 Å². The first-order valence-electron chi connectivity index (χ1n) is 8.28. The summed E-state index contributed by atoms with van der Waals surface area (Å²) in [6, 6.07) is 5.00. The van der Waals surface area contributed by atoms with E-state index in [9.17, 15) is 9.59 Å². The van der Waals surface area contributed by atoms with Crippen LogP contribution in [0, 0.1) is 20.8 Å². The minimum atomic E-state index is -0.571. The summed E-state index contributed by atoms with van der Waals surface area (Å²) in [5.41, 5.74) is 3.90. The van der Waals surface area contributed by atoms with Crippen LogP contribution in [0.1, 0.15) is 27.7 Å². The number of hydrogen-bond donors (Lipinski definition) is 2. The molecule has 0 saturated heterocycles. The molecule has 2 N–H and O–H groups in total. The summed E-state index contributed by atoms with van der Waals surface area (Å²) in [5.74, 6) is -0.0926. The number of methoxy groups -OCH3 is 1. The van der Waals surface area contributed by atoms with Gasteiger partial charge in [0.2, 0.25) is 0 Å². The maximum atomic E-state index is 12.6. The Bertz CT molecular complexity index is 923. The van der Waals surface area contributed by atoms with Crippen LogP contribution in [0.25, 0.3) is 0 Å². The quantitative estimate of drug-likeness (QED) is 0.588. The Labute approximate surface area is 165 Å². The van der Waals surface area contributed by atoms with Crippen molar-refractivity contribution in [3.05, 3.63) is 51.2 Å². The van der Waals surface area contributed by atoms with E-state index in [1.54, 1.807) is 0 Å². The fraction of sp³-hybridized carbons (Fsp3) is 0.333. The highest BCUT2D eigenvalue weighted by molar-refractivity contribution is 8.01. The van der Waals surface area contributed by atoms with E-state index < -0.39 is 12.0 Å². The van der Waals surface area contributed by atoms with Crippen LogP contribution in [0.2, 0.25) is 0 Å². The van der Waals surface area contributed by atoms with Gasteiger partial charge in [0.05, 0.1) is 18.7 Å². The predicted octanol–water partition coefficient (Wildman–Crippen LogP) is 3.04. The molecule has 142 valence electrons. The van der Waals surface area contributed by atoms with Crippen LogP contribution < -0.4 is 10.6 Å². The molecule has 2 amide bonds. The maximum Gasteiger partial charge on any atom is 0.338 e. The first-order valence-corrected chi connectivity index (χ1v) is 10.1. The van der Waals surface area contributed by atoms with Crippen LogP contribution in [-0.4, -0.2) is 35.1 Å². The molecule has 1 aliphatic heterocycles. The van der Waals surface area contributed by atoms with Crippen molar-refractivity contribution in [3.63, 3.8) is 0 Å². The van der Waals surface area contributed by atoms with E-state index in [0.29, 0.717) is 17.0 Å². The number of aromatic nitrogens is 2. The van der Waals surface area contributed by atoms with Gasteiger partial charge in [-0.1, -0.05) is 46.9 Å². The number of benzene rings is 1. The number of nitrogens with zero attached hydrogens (tertiary/aromatic N) is 2. The normalized spacial score (nSPS) is 16.7. The molecule has 1 aromatic heterocycles. The van der Waals surface area contributed by atoms with Gasteiger partial charge >= 0.3 is 12.0 Å². The minimum Gasteiger partial charge on any atom is -0.466 e. The van der Waals surface area contributed by atoms with E-state index in [1.807, 2.05) is 39.0 Å². The molecule has 0 radical (unpaired) electrons. The van der Waals surface area contributed by atoms with Crippen LogP contribution in [-0.2, 0) is 9.53 Å². The van der Waals surface area contributed by atoms with E-state index in [0.717, 1.165) is 26.0 Å². The van der Waals surface area contributed by atoms with Crippen LogP contribution in [0.5, 0.6) is 0 Å². The summed E-state index contributed by atoms with van der Waals surface area (Å²) in [5, 5.41) is 14.5. The molecule has 2 aromatic rings. The lowest BCUT2D eigenvalue weighted by Crippen LogP contribution is -2.46. The van der Waals surface area contributed by atoms with Crippen molar-refractivity contribution >= 4 is 35.1 Å². The zero-order chi connectivity index (χ0) is 19.6. The number of hydrogen-bond acceptors (Lipinski definition) is 7. The number of ether oxygens (including phenoxy) is 1. The van der Waals surface area contributed by atoms with Crippen LogP contribution in [0.3, 0.4) is 0 Å². The molecule has 0 fully saturated rings. The third-order valence-electron chi connectivity index (χ3n) is 4.14. The Hall–Kier alpha value is -2.39. The molecule has 3 rings (SSSR count). The van der Waals surface area contributed by atoms with Gasteiger partial charge in [-0.05, 0) is 31.9 Å². The topological polar surface area (TPSA) is 93.2 Å². The SMILES string of the molecule is COC(=O)C1=C(CSc2nnc(C)s2)NC(=O)N[C@H]1c1ccc(C)cc1C. The van der Waals surface area contributed by atoms with E-state index in [4.69, 9.17) is 4.74 Å². The molecule has 1 aliphatic rings. The van der Waals surface area contributed by atoms with E-state index in [1.165, 1.54) is 30.2 Å². The summed E-state index contributed by atoms with van der Waals surface area (Å²) in [7, 11) is 1.34. The Kier molecular flexibility index (Phi) is 5.81. The lowest BCUT2D eigenvalue weighted by Gasteiger charge is -2.30. The highest BCUT2D eigenvalue weighted by atomic mass is 32.2. The van der Waals surface area contributed by atoms with Gasteiger partial charge in [0.1, 0.15) is 5.01 Å². The summed E-state index contributed by atoms with van der Waals surface area (Å²) < 4.78 is 5.78. The number of carbonyl (C=O) groups is 2. The van der Waals surface area contributed by atoms with Crippen molar-refractivity contribution in [2.75, 3.05) is 12.9 Å². The summed E-state index contributed by atoms with van der Waals surface area (Å²) in [6.07, 6.45) is 0. The molecule has 1 aromatic carbocycles. The molecule has 0 spiro atoms. The third kappa shape index (κ3) is 4.30. The van der Waals surface area contributed by atoms with Gasteiger partial charge < -0.3 is 15.4 Å². The zero-order valence-electron chi connectivity index (χ0n) is 15.5. The minimum absolute atomic E-state index is 0.350. The van der Waals surface area contributed by atoms with Gasteiger partial charge in [-0.3, -0.25) is 0 Å². The van der Waals surface area contributed by atoms with Gasteiger partial charge in [-0.15, -0.1) is 10.2 Å². The van der Waals surface area contributed by atoms with Crippen LogP contribution >= 0.6 is 23.1 Å². The van der Waals surface area contributed by atoms with E-state index in [2.05, 4.69) is 20.8 Å². The third-order valence-corrected chi connectivity index (χ3v) is 6.14. The van der Waals surface area contributed by atoms with E-state index >= 15 is 0 Å². The monoisotopic (exact) mass is 404 g/mol. The number of nitrogens with one attached hydrogen (secondary N) is 2. The molecule has 9 heteroatoms. The molecule has 0 bridgehead atoms. The maximum absolute atomic E-state index is 12.6. The van der Waals surface area contributed by atoms with Gasteiger partial charge in [0, 0.05) is 11.4 Å². The van der Waals surface area contributed by atoms with Crippen molar-refractivity contribution in [2.45, 2.75) is 31.2 Å². The predicted molar refractivity (Wildman–Crippen MR) is 105 cm³/mol. The number of thioether (sulfide) groups is 1. The Balaban J connectivity index is 2.00. The lowest BCUT2D eigenvalue weighted by molar-refractivity contribution is -0.136. The van der Waals surface area contributed by atoms with Gasteiger partial charge in [0.15, 0.2) is 4.34 Å². The van der Waals surface area contributed by atoms with Crippen molar-refractivity contribution < 1.29 is 14.3 Å². The first kappa shape index (κ1) is 19.4. The Morgan fingerprint density at radius 3 is 2.70 bits per heavy atom. The second kappa shape index (κ2) is 8.10. The lowest BCUT2D eigenvalue weighted by atomic mass is 9.91. The molecule has 0 aliphatic carbocycles. The fourth-order valence-electron chi connectivity index (χ4n) is 2.94. The van der Waals surface area contributed by atoms with Crippen LogP contribution in [0.15, 0.2) is 33.8 Å². The molecule has 0 saturated carbocycles. The van der Waals surface area contributed by atoms with Crippen molar-refractivity contribution in [1.82, 2.24) is 20.8 Å². The molecule has 1 atom stereocenters. The largest absolute Gasteiger partial charge is 0.466 e. The molecule has 2 heterocycles. The second-order valence-electron chi connectivity index (χ2n) is 6.15. The highest BCUT2D eigenvalue weighted by Gasteiger charge is 2.34. The average Bonchev–Trinajstić information content (AvgIpc) is 3.04. The summed E-state index contributed by atoms with van der Waals surface area (Å²) in [6.45, 7) is 5.84. The van der Waals surface area contributed by atoms with Gasteiger partial charge in [-0.2, -0.15) is 0 Å². The number of esters is 1. The Morgan fingerprint density at radius 1 is 1.30 bits per heavy atom. The molecule has 0 unspecified atom stereocenters. The van der Waals surface area contributed by atoms with Gasteiger partial charge in [0.25, 0.3) is 0 Å².